The summed E-state index contributed by atoms with van der Waals surface area (Å²) in [6.07, 6.45) is -6.86. The van der Waals surface area contributed by atoms with E-state index in [9.17, 15) is 40.7 Å². The van der Waals surface area contributed by atoms with Gasteiger partial charge < -0.3 is 25.4 Å². The van der Waals surface area contributed by atoms with Gasteiger partial charge >= 0.3 is 18.0 Å². The van der Waals surface area contributed by atoms with E-state index in [0.29, 0.717) is 68.2 Å². The number of carbonyl (C=O) groups excluding carboxylic acids is 2. The van der Waals surface area contributed by atoms with Crippen LogP contribution in [-0.2, 0) is 28.4 Å². The maximum atomic E-state index is 14.2. The summed E-state index contributed by atoms with van der Waals surface area (Å²) in [5.41, 5.74) is 2.01. The molecule has 1 atom stereocenters. The first-order valence-electron chi connectivity index (χ1n) is 18.6. The summed E-state index contributed by atoms with van der Waals surface area (Å²) >= 11 is 0. The number of alkyl halides is 6. The molecule has 0 spiro atoms. The van der Waals surface area contributed by atoms with Crippen molar-refractivity contribution in [1.82, 2.24) is 34.1 Å². The number of fused-ring (bicyclic) bond motifs is 3. The van der Waals surface area contributed by atoms with E-state index in [0.717, 1.165) is 36.8 Å². The second kappa shape index (κ2) is 15.1. The molecule has 296 valence electrons. The number of nitrogens with two attached hydrogens (primary N) is 1. The maximum Gasteiger partial charge on any atom is 0.418 e. The van der Waals surface area contributed by atoms with Crippen LogP contribution in [0.25, 0.3) is 21.9 Å². The van der Waals surface area contributed by atoms with Crippen molar-refractivity contribution in [2.75, 3.05) is 65.1 Å². The molecule has 0 radical (unpaired) electrons. The van der Waals surface area contributed by atoms with Crippen molar-refractivity contribution in [1.29, 1.82) is 0 Å². The minimum Gasteiger partial charge on any atom is -0.398 e. The number of nitrogens with one attached hydrogen (secondary N) is 1. The van der Waals surface area contributed by atoms with Crippen molar-refractivity contribution in [2.24, 2.45) is 5.92 Å². The quantitative estimate of drug-likeness (QED) is 0.197. The van der Waals surface area contributed by atoms with Gasteiger partial charge in [0.2, 0.25) is 11.8 Å². The molecule has 17 heteroatoms. The monoisotopic (exact) mass is 774 g/mol. The lowest BCUT2D eigenvalue weighted by Crippen LogP contribution is -2.55. The number of carbonyl (C=O) groups is 2. The fraction of sp³-hybridized carbons (Fsp3) is 0.526. The Morgan fingerprint density at radius 1 is 0.855 bits per heavy atom. The van der Waals surface area contributed by atoms with Crippen LogP contribution in [0.1, 0.15) is 54.8 Å². The lowest BCUT2D eigenvalue weighted by Gasteiger charge is -2.43. The van der Waals surface area contributed by atoms with E-state index in [4.69, 9.17) is 5.73 Å². The molecular formula is C38H44F6N8O3. The van der Waals surface area contributed by atoms with Crippen molar-refractivity contribution < 1.29 is 35.9 Å². The molecule has 3 fully saturated rings. The third-order valence-corrected chi connectivity index (χ3v) is 11.6. The van der Waals surface area contributed by atoms with E-state index in [2.05, 4.69) is 26.8 Å². The lowest BCUT2D eigenvalue weighted by molar-refractivity contribution is -0.143. The highest BCUT2D eigenvalue weighted by atomic mass is 19.4. The Morgan fingerprint density at radius 3 is 2.07 bits per heavy atom. The molecule has 2 amide bonds. The molecule has 0 saturated carbocycles. The Kier molecular flexibility index (Phi) is 10.6. The molecule has 7 rings (SSSR count). The van der Waals surface area contributed by atoms with Crippen LogP contribution in [0.2, 0.25) is 0 Å². The Hall–Kier alpha value is -4.64. The number of para-hydroxylation sites is 1. The van der Waals surface area contributed by atoms with Gasteiger partial charge in [0.05, 0.1) is 45.5 Å². The van der Waals surface area contributed by atoms with Crippen molar-refractivity contribution in [3.63, 3.8) is 0 Å². The third kappa shape index (κ3) is 8.04. The zero-order valence-corrected chi connectivity index (χ0v) is 30.4. The second-order valence-electron chi connectivity index (χ2n) is 15.0. The largest absolute Gasteiger partial charge is 0.418 e. The predicted molar refractivity (Wildman–Crippen MR) is 194 cm³/mol. The topological polar surface area (TPSA) is 124 Å². The number of amides is 2. The number of piperazine rings is 1. The molecule has 0 aliphatic carbocycles. The Balaban J connectivity index is 1.09. The summed E-state index contributed by atoms with van der Waals surface area (Å²) in [5, 5.41) is 0.799. The number of piperidine rings is 2. The number of aromatic nitrogens is 3. The van der Waals surface area contributed by atoms with Gasteiger partial charge in [-0.2, -0.15) is 26.3 Å². The summed E-state index contributed by atoms with van der Waals surface area (Å²) in [6, 6.07) is 8.64. The molecule has 11 nitrogen and oxygen atoms in total. The van der Waals surface area contributed by atoms with Crippen LogP contribution >= 0.6 is 0 Å². The number of pyridine rings is 1. The number of nitrogens with zero attached hydrogens (tertiary/aromatic N) is 6. The van der Waals surface area contributed by atoms with Crippen LogP contribution in [0.5, 0.6) is 0 Å². The molecule has 3 aliphatic rings. The standard InChI is InChI=1S/C38H44F6N8O3/c1-48-10-6-25(7-11-48)49-14-16-51(17-15-49)35(54)24(18-23-19-28(37(39,40)41)33(45)29(20-23)38(42,43)44)21-32(53)50-12-8-26(9-13-50)52-31-22-46-30-5-3-2-4-27(30)34(31)47-36(52)55/h2-5,19-20,22,24-26H,6-18,21,45H2,1H3,(H,47,55)/t24-/m0/s1. The zero-order valence-electron chi connectivity index (χ0n) is 30.4. The summed E-state index contributed by atoms with van der Waals surface area (Å²) in [7, 11) is 2.07. The predicted octanol–water partition coefficient (Wildman–Crippen LogP) is 5.15. The van der Waals surface area contributed by atoms with E-state index in [-0.39, 0.29) is 30.4 Å². The number of halogens is 6. The molecule has 0 bridgehead atoms. The summed E-state index contributed by atoms with van der Waals surface area (Å²) in [5.74, 6) is -2.15. The van der Waals surface area contributed by atoms with E-state index in [1.807, 2.05) is 24.3 Å². The number of nitrogen functional groups attached to an aromatic ring is 1. The minimum atomic E-state index is -5.18. The third-order valence-electron chi connectivity index (χ3n) is 11.6. The summed E-state index contributed by atoms with van der Waals surface area (Å²) in [6.45, 7) is 4.19. The molecule has 0 unspecified atom stereocenters. The van der Waals surface area contributed by atoms with Crippen LogP contribution in [0.15, 0.2) is 47.4 Å². The fourth-order valence-electron chi connectivity index (χ4n) is 8.55. The summed E-state index contributed by atoms with van der Waals surface area (Å²) in [4.78, 5) is 56.3. The smallest absolute Gasteiger partial charge is 0.398 e. The van der Waals surface area contributed by atoms with Gasteiger partial charge in [-0.15, -0.1) is 0 Å². The molecule has 5 heterocycles. The van der Waals surface area contributed by atoms with Gasteiger partial charge in [-0.25, -0.2) is 4.79 Å². The highest BCUT2D eigenvalue weighted by Gasteiger charge is 2.42. The number of hydrogen-bond donors (Lipinski definition) is 2. The van der Waals surface area contributed by atoms with Gasteiger partial charge in [0.1, 0.15) is 0 Å². The molecule has 3 saturated heterocycles. The molecule has 55 heavy (non-hydrogen) atoms. The number of hydrogen-bond acceptors (Lipinski definition) is 7. The SMILES string of the molecule is CN1CCC(N2CCN(C(=O)[C@H](CC(=O)N3CCC(n4c(=O)[nH]c5c6ccccc6ncc54)CC3)Cc3cc(C(F)(F)F)c(N)c(C(F)(F)F)c3)CC2)CC1. The number of rotatable bonds is 7. The van der Waals surface area contributed by atoms with Crippen LogP contribution in [0.4, 0.5) is 32.0 Å². The first-order chi connectivity index (χ1) is 26.1. The van der Waals surface area contributed by atoms with Crippen LogP contribution in [0, 0.1) is 5.92 Å². The molecular weight excluding hydrogens is 730 g/mol. The molecule has 2 aromatic carbocycles. The highest BCUT2D eigenvalue weighted by molar-refractivity contribution is 6.01. The number of benzene rings is 2. The number of aromatic amines is 1. The van der Waals surface area contributed by atoms with E-state index >= 15 is 0 Å². The molecule has 3 aliphatic heterocycles. The van der Waals surface area contributed by atoms with Gasteiger partial charge in [0.15, 0.2) is 0 Å². The van der Waals surface area contributed by atoms with Crippen LogP contribution in [-0.4, -0.2) is 111 Å². The maximum absolute atomic E-state index is 14.2. The fourth-order valence-corrected chi connectivity index (χ4v) is 8.55. The van der Waals surface area contributed by atoms with Crippen molar-refractivity contribution in [3.05, 3.63) is 69.8 Å². The van der Waals surface area contributed by atoms with Crippen LogP contribution in [0.3, 0.4) is 0 Å². The molecule has 2 aromatic heterocycles. The van der Waals surface area contributed by atoms with E-state index in [1.165, 1.54) is 0 Å². The van der Waals surface area contributed by atoms with E-state index < -0.39 is 59.7 Å². The Morgan fingerprint density at radius 2 is 1.45 bits per heavy atom. The number of anilines is 1. The summed E-state index contributed by atoms with van der Waals surface area (Å²) < 4.78 is 85.3. The minimum absolute atomic E-state index is 0.234. The Labute approximate surface area is 313 Å². The first-order valence-corrected chi connectivity index (χ1v) is 18.6. The van der Waals surface area contributed by atoms with Crippen molar-refractivity contribution in [2.45, 2.75) is 63.0 Å². The zero-order chi connectivity index (χ0) is 39.2. The Bertz CT molecular complexity index is 2070. The van der Waals surface area contributed by atoms with Crippen molar-refractivity contribution >= 4 is 39.4 Å². The van der Waals surface area contributed by atoms with E-state index in [1.54, 1.807) is 20.6 Å². The molecule has 3 N–H and O–H groups in total. The number of likely N-dealkylation sites (tertiary alicyclic amines) is 2. The van der Waals surface area contributed by atoms with Gasteiger partial charge in [0.25, 0.3) is 0 Å². The van der Waals surface area contributed by atoms with Crippen molar-refractivity contribution in [3.8, 4) is 0 Å². The number of H-pyrrole nitrogens is 1. The van der Waals surface area contributed by atoms with Gasteiger partial charge in [-0.05, 0) is 76.0 Å². The lowest BCUT2D eigenvalue weighted by atomic mass is 9.90. The van der Waals surface area contributed by atoms with Gasteiger partial charge in [-0.3, -0.25) is 24.0 Å². The van der Waals surface area contributed by atoms with Gasteiger partial charge in [-0.1, -0.05) is 18.2 Å². The first kappa shape index (κ1) is 38.6. The van der Waals surface area contributed by atoms with Gasteiger partial charge in [0, 0.05) is 63.2 Å². The number of imidazole rings is 1. The average molecular weight is 775 g/mol. The average Bonchev–Trinajstić information content (AvgIpc) is 3.50. The highest BCUT2D eigenvalue weighted by Crippen LogP contribution is 2.42. The second-order valence-corrected chi connectivity index (χ2v) is 15.0. The normalized spacial score (nSPS) is 19.4. The van der Waals surface area contributed by atoms with Crippen LogP contribution < -0.4 is 11.4 Å². The molecule has 4 aromatic rings.